The fourth-order valence-electron chi connectivity index (χ4n) is 2.81. The SMILES string of the molecule is Cn1cc([C@@H]2OCC[C@H]2/C=N/n2c(-c3ccco3)n[nH]c2=S)cn1. The topological polar surface area (TPSA) is 86.2 Å². The molecule has 0 bridgehead atoms. The second-order valence-electron chi connectivity index (χ2n) is 5.60. The summed E-state index contributed by atoms with van der Waals surface area (Å²) < 4.78 is 15.0. The Morgan fingerprint density at radius 3 is 3.17 bits per heavy atom. The van der Waals surface area contributed by atoms with Gasteiger partial charge in [-0.25, -0.2) is 5.10 Å². The highest BCUT2D eigenvalue weighted by molar-refractivity contribution is 7.71. The van der Waals surface area contributed by atoms with Crippen LogP contribution in [0, 0.1) is 10.7 Å². The Hall–Kier alpha value is -2.52. The molecule has 24 heavy (non-hydrogen) atoms. The van der Waals surface area contributed by atoms with Crippen LogP contribution in [0.25, 0.3) is 11.6 Å². The van der Waals surface area contributed by atoms with Crippen molar-refractivity contribution in [1.82, 2.24) is 24.7 Å². The molecule has 0 amide bonds. The van der Waals surface area contributed by atoms with Crippen LogP contribution in [0.15, 0.2) is 40.3 Å². The van der Waals surface area contributed by atoms with E-state index in [1.165, 1.54) is 0 Å². The Balaban J connectivity index is 1.61. The quantitative estimate of drug-likeness (QED) is 0.581. The summed E-state index contributed by atoms with van der Waals surface area (Å²) in [4.78, 5) is 0. The molecule has 3 aromatic heterocycles. The molecule has 124 valence electrons. The van der Waals surface area contributed by atoms with Gasteiger partial charge in [0.25, 0.3) is 0 Å². The lowest BCUT2D eigenvalue weighted by atomic mass is 9.99. The van der Waals surface area contributed by atoms with Crippen LogP contribution in [0.4, 0.5) is 0 Å². The van der Waals surface area contributed by atoms with Crippen LogP contribution in [-0.2, 0) is 11.8 Å². The standard InChI is InChI=1S/C15H16N6O2S/c1-20-9-11(8-16-20)13-10(4-6-23-13)7-17-21-14(18-19-15(21)24)12-3-2-5-22-12/h2-3,5,7-10,13H,4,6H2,1H3,(H,19,24)/b17-7+/t10-,13+/m0/s1. The van der Waals surface area contributed by atoms with Crippen LogP contribution in [0.5, 0.6) is 0 Å². The second kappa shape index (κ2) is 6.17. The van der Waals surface area contributed by atoms with E-state index in [-0.39, 0.29) is 12.0 Å². The molecule has 4 heterocycles. The third kappa shape index (κ3) is 2.72. The highest BCUT2D eigenvalue weighted by Crippen LogP contribution is 2.33. The molecule has 0 spiro atoms. The highest BCUT2D eigenvalue weighted by Gasteiger charge is 2.29. The van der Waals surface area contributed by atoms with Gasteiger partial charge in [0.15, 0.2) is 5.76 Å². The smallest absolute Gasteiger partial charge is 0.219 e. The van der Waals surface area contributed by atoms with E-state index in [0.717, 1.165) is 12.0 Å². The number of nitrogens with one attached hydrogen (secondary N) is 1. The van der Waals surface area contributed by atoms with Gasteiger partial charge in [0, 0.05) is 37.5 Å². The summed E-state index contributed by atoms with van der Waals surface area (Å²) in [6, 6.07) is 3.61. The molecule has 2 atom stereocenters. The monoisotopic (exact) mass is 344 g/mol. The van der Waals surface area contributed by atoms with Gasteiger partial charge in [-0.05, 0) is 30.8 Å². The predicted molar refractivity (Wildman–Crippen MR) is 89.0 cm³/mol. The number of aryl methyl sites for hydroxylation is 1. The first-order valence-corrected chi connectivity index (χ1v) is 7.99. The van der Waals surface area contributed by atoms with Crippen LogP contribution < -0.4 is 0 Å². The van der Waals surface area contributed by atoms with Gasteiger partial charge < -0.3 is 9.15 Å². The fraction of sp³-hybridized carbons (Fsp3) is 0.333. The second-order valence-corrected chi connectivity index (χ2v) is 5.98. The van der Waals surface area contributed by atoms with E-state index in [0.29, 0.717) is 23.0 Å². The number of rotatable bonds is 4. The van der Waals surface area contributed by atoms with Crippen LogP contribution >= 0.6 is 12.2 Å². The zero-order valence-corrected chi connectivity index (χ0v) is 13.8. The van der Waals surface area contributed by atoms with Crippen molar-refractivity contribution in [3.63, 3.8) is 0 Å². The summed E-state index contributed by atoms with van der Waals surface area (Å²) in [6.07, 6.45) is 8.09. The molecular weight excluding hydrogens is 328 g/mol. The van der Waals surface area contributed by atoms with Gasteiger partial charge in [0.1, 0.15) is 0 Å². The highest BCUT2D eigenvalue weighted by atomic mass is 32.1. The summed E-state index contributed by atoms with van der Waals surface area (Å²) in [5.74, 6) is 1.29. The van der Waals surface area contributed by atoms with E-state index < -0.39 is 0 Å². The fourth-order valence-corrected chi connectivity index (χ4v) is 2.98. The number of hydrogen-bond donors (Lipinski definition) is 1. The lowest BCUT2D eigenvalue weighted by Gasteiger charge is -2.12. The zero-order chi connectivity index (χ0) is 16.5. The molecule has 4 rings (SSSR count). The summed E-state index contributed by atoms with van der Waals surface area (Å²) in [5.41, 5.74) is 1.05. The van der Waals surface area contributed by atoms with E-state index in [9.17, 15) is 0 Å². The van der Waals surface area contributed by atoms with Crippen molar-refractivity contribution in [2.45, 2.75) is 12.5 Å². The Bertz CT molecular complexity index is 907. The van der Waals surface area contributed by atoms with Crippen molar-refractivity contribution in [2.75, 3.05) is 6.61 Å². The van der Waals surface area contributed by atoms with E-state index in [4.69, 9.17) is 21.4 Å². The van der Waals surface area contributed by atoms with Crippen LogP contribution in [0.1, 0.15) is 18.1 Å². The van der Waals surface area contributed by atoms with Crippen LogP contribution in [0.2, 0.25) is 0 Å². The van der Waals surface area contributed by atoms with Gasteiger partial charge in [-0.3, -0.25) is 4.68 Å². The first kappa shape index (κ1) is 15.0. The maximum Gasteiger partial charge on any atom is 0.219 e. The van der Waals surface area contributed by atoms with Crippen molar-refractivity contribution in [2.24, 2.45) is 18.1 Å². The number of aromatic nitrogens is 5. The van der Waals surface area contributed by atoms with Crippen molar-refractivity contribution >= 4 is 18.4 Å². The van der Waals surface area contributed by atoms with Crippen LogP contribution in [-0.4, -0.2) is 37.5 Å². The predicted octanol–water partition coefficient (Wildman–Crippen LogP) is 2.55. The average molecular weight is 344 g/mol. The van der Waals surface area contributed by atoms with Crippen molar-refractivity contribution in [1.29, 1.82) is 0 Å². The Labute approximate surface area is 142 Å². The summed E-state index contributed by atoms with van der Waals surface area (Å²) in [6.45, 7) is 0.693. The zero-order valence-electron chi connectivity index (χ0n) is 13.0. The van der Waals surface area contributed by atoms with Gasteiger partial charge in [-0.15, -0.1) is 5.10 Å². The molecule has 0 aliphatic carbocycles. The molecule has 1 aliphatic rings. The van der Waals surface area contributed by atoms with Crippen molar-refractivity contribution < 1.29 is 9.15 Å². The van der Waals surface area contributed by atoms with Crippen LogP contribution in [0.3, 0.4) is 0 Å². The molecule has 1 fully saturated rings. The maximum absolute atomic E-state index is 5.85. The average Bonchev–Trinajstić information content (AvgIpc) is 3.32. The van der Waals surface area contributed by atoms with Gasteiger partial charge in [0.05, 0.1) is 18.6 Å². The lowest BCUT2D eigenvalue weighted by Crippen LogP contribution is -2.09. The minimum Gasteiger partial charge on any atom is -0.461 e. The van der Waals surface area contributed by atoms with E-state index in [2.05, 4.69) is 20.4 Å². The van der Waals surface area contributed by atoms with Gasteiger partial charge >= 0.3 is 0 Å². The summed E-state index contributed by atoms with van der Waals surface area (Å²) in [7, 11) is 1.89. The molecule has 3 aromatic rings. The minimum absolute atomic E-state index is 0.0458. The molecule has 0 radical (unpaired) electrons. The van der Waals surface area contributed by atoms with E-state index in [1.807, 2.05) is 31.7 Å². The minimum atomic E-state index is -0.0458. The molecule has 0 saturated carbocycles. The largest absolute Gasteiger partial charge is 0.461 e. The molecule has 0 aromatic carbocycles. The normalized spacial score (nSPS) is 21.0. The number of aromatic amines is 1. The van der Waals surface area contributed by atoms with Crippen molar-refractivity contribution in [3.05, 3.63) is 41.1 Å². The number of H-pyrrole nitrogens is 1. The maximum atomic E-state index is 5.85. The van der Waals surface area contributed by atoms with E-state index >= 15 is 0 Å². The molecule has 9 heteroatoms. The number of ether oxygens (including phenoxy) is 1. The summed E-state index contributed by atoms with van der Waals surface area (Å²) >= 11 is 5.26. The van der Waals surface area contributed by atoms with Crippen molar-refractivity contribution in [3.8, 4) is 11.6 Å². The van der Waals surface area contributed by atoms with Gasteiger partial charge in [0.2, 0.25) is 10.6 Å². The third-order valence-electron chi connectivity index (χ3n) is 3.96. The number of nitrogens with zero attached hydrogens (tertiary/aromatic N) is 5. The third-order valence-corrected chi connectivity index (χ3v) is 4.22. The molecule has 1 N–H and O–H groups in total. The molecule has 8 nitrogen and oxygen atoms in total. The van der Waals surface area contributed by atoms with Gasteiger partial charge in [-0.1, -0.05) is 0 Å². The molecule has 1 saturated heterocycles. The molecule has 0 unspecified atom stereocenters. The summed E-state index contributed by atoms with van der Waals surface area (Å²) in [5, 5.41) is 15.6. The Morgan fingerprint density at radius 1 is 1.50 bits per heavy atom. The first-order valence-electron chi connectivity index (χ1n) is 7.58. The molecule has 1 aliphatic heterocycles. The van der Waals surface area contributed by atoms with Gasteiger partial charge in [-0.2, -0.15) is 14.9 Å². The van der Waals surface area contributed by atoms with E-state index in [1.54, 1.807) is 21.7 Å². The first-order chi connectivity index (χ1) is 11.7. The Morgan fingerprint density at radius 2 is 2.42 bits per heavy atom. The molecular formula is C15H16N6O2S. The number of furan rings is 1. The Kier molecular flexibility index (Phi) is 3.87. The lowest BCUT2D eigenvalue weighted by molar-refractivity contribution is 0.103. The number of hydrogen-bond acceptors (Lipinski definition) is 6.